The number of nitro groups is 2. The first kappa shape index (κ1) is 34.3. The van der Waals surface area contributed by atoms with Gasteiger partial charge in [0.05, 0.1) is 32.3 Å². The van der Waals surface area contributed by atoms with Crippen LogP contribution in [0.4, 0.5) is 11.4 Å². The van der Waals surface area contributed by atoms with Gasteiger partial charge in [0.1, 0.15) is 10.8 Å². The second-order valence-electron chi connectivity index (χ2n) is 12.9. The standard InChI is InChI=1S/C36H38N6O8/c1-21(2)39-17-13-23(14-18-39)33-35(31-25(37-33)7-5-9-27(31)41(45)46)49-29(43)11-12-30(44)50-36-32-26(8-6-10-28(32)42(47)48)38-34(36)24-15-19-40(20-16-24)22(3)4/h5-13,15,21-22,37-38H,14,16-20H2,1-4H3/b12-11-. The predicted octanol–water partition coefficient (Wildman–Crippen LogP) is 6.53. The number of rotatable bonds is 10. The molecule has 0 radical (unpaired) electrons. The van der Waals surface area contributed by atoms with Crippen molar-refractivity contribution in [3.63, 3.8) is 0 Å². The number of esters is 2. The second kappa shape index (κ2) is 14.1. The Balaban J connectivity index is 1.30. The van der Waals surface area contributed by atoms with Crippen molar-refractivity contribution in [1.82, 2.24) is 19.8 Å². The van der Waals surface area contributed by atoms with Crippen LogP contribution in [-0.2, 0) is 9.59 Å². The summed E-state index contributed by atoms with van der Waals surface area (Å²) in [5, 5.41) is 24.2. The highest BCUT2D eigenvalue weighted by atomic mass is 16.6. The van der Waals surface area contributed by atoms with Gasteiger partial charge in [-0.3, -0.25) is 30.0 Å². The average Bonchev–Trinajstić information content (AvgIpc) is 3.65. The summed E-state index contributed by atoms with van der Waals surface area (Å²) in [6, 6.07) is 9.76. The molecular weight excluding hydrogens is 644 g/mol. The summed E-state index contributed by atoms with van der Waals surface area (Å²) in [7, 11) is 0. The van der Waals surface area contributed by atoms with Crippen molar-refractivity contribution in [2.75, 3.05) is 26.2 Å². The van der Waals surface area contributed by atoms with Crippen molar-refractivity contribution < 1.29 is 28.9 Å². The Morgan fingerprint density at radius 1 is 0.720 bits per heavy atom. The van der Waals surface area contributed by atoms with Gasteiger partial charge in [0.15, 0.2) is 11.5 Å². The molecule has 260 valence electrons. The fourth-order valence-electron chi connectivity index (χ4n) is 6.53. The van der Waals surface area contributed by atoms with Crippen LogP contribution in [0.2, 0.25) is 0 Å². The van der Waals surface area contributed by atoms with Gasteiger partial charge in [0.25, 0.3) is 11.4 Å². The number of aromatic nitrogens is 2. The molecule has 0 saturated heterocycles. The Hall–Kier alpha value is -5.60. The van der Waals surface area contributed by atoms with Gasteiger partial charge in [0.2, 0.25) is 0 Å². The highest BCUT2D eigenvalue weighted by Crippen LogP contribution is 2.43. The lowest BCUT2D eigenvalue weighted by molar-refractivity contribution is -0.383. The van der Waals surface area contributed by atoms with E-state index in [1.807, 2.05) is 12.2 Å². The number of nitro benzene ring substituents is 2. The summed E-state index contributed by atoms with van der Waals surface area (Å²) in [6.07, 6.45) is 7.00. The molecule has 2 N–H and O–H groups in total. The van der Waals surface area contributed by atoms with Gasteiger partial charge in [-0.15, -0.1) is 0 Å². The molecule has 2 aliphatic rings. The molecule has 0 atom stereocenters. The molecule has 2 aromatic carbocycles. The highest BCUT2D eigenvalue weighted by Gasteiger charge is 2.29. The van der Waals surface area contributed by atoms with Crippen LogP contribution in [-0.4, -0.2) is 79.8 Å². The maximum absolute atomic E-state index is 13.2. The quantitative estimate of drug-likeness (QED) is 0.0809. The van der Waals surface area contributed by atoms with Gasteiger partial charge >= 0.3 is 11.9 Å². The lowest BCUT2D eigenvalue weighted by atomic mass is 10.0. The monoisotopic (exact) mass is 682 g/mol. The molecule has 4 heterocycles. The van der Waals surface area contributed by atoms with E-state index < -0.39 is 21.8 Å². The SMILES string of the molecule is CC(C)N1CC=C(c2[nH]c3cccc([N+](=O)[O-])c3c2OC(=O)/C=C\C(=O)Oc2c(C3=CCN(C(C)C)CC3)[nH]c3cccc([N+](=O)[O-])c23)CC1. The summed E-state index contributed by atoms with van der Waals surface area (Å²) in [6.45, 7) is 11.2. The van der Waals surface area contributed by atoms with E-state index >= 15 is 0 Å². The lowest BCUT2D eigenvalue weighted by Crippen LogP contribution is -2.34. The molecule has 2 aliphatic heterocycles. The molecule has 0 saturated carbocycles. The van der Waals surface area contributed by atoms with E-state index in [1.165, 1.54) is 12.1 Å². The summed E-state index contributed by atoms with van der Waals surface area (Å²) in [5.41, 5.74) is 2.98. The molecule has 6 rings (SSSR count). The van der Waals surface area contributed by atoms with Crippen molar-refractivity contribution in [1.29, 1.82) is 0 Å². The normalized spacial score (nSPS) is 16.0. The van der Waals surface area contributed by atoms with Gasteiger partial charge in [-0.2, -0.15) is 0 Å². The number of benzene rings is 2. The van der Waals surface area contributed by atoms with E-state index in [2.05, 4.69) is 47.5 Å². The molecule has 0 unspecified atom stereocenters. The Labute approximate surface area is 287 Å². The van der Waals surface area contributed by atoms with Crippen LogP contribution >= 0.6 is 0 Å². The average molecular weight is 683 g/mol. The second-order valence-corrected chi connectivity index (χ2v) is 12.9. The third kappa shape index (κ3) is 6.80. The largest absolute Gasteiger partial charge is 0.420 e. The van der Waals surface area contributed by atoms with Crippen molar-refractivity contribution in [3.05, 3.63) is 92.3 Å². The van der Waals surface area contributed by atoms with Gasteiger partial charge in [0, 0.05) is 62.5 Å². The summed E-state index contributed by atoms with van der Waals surface area (Å²) in [5.74, 6) is -1.93. The number of ether oxygens (including phenoxy) is 2. The number of carbonyl (C=O) groups excluding carboxylic acids is 2. The van der Waals surface area contributed by atoms with Crippen LogP contribution in [0.15, 0.2) is 60.7 Å². The van der Waals surface area contributed by atoms with Crippen LogP contribution in [0, 0.1) is 20.2 Å². The highest BCUT2D eigenvalue weighted by molar-refractivity contribution is 6.04. The molecule has 4 aromatic rings. The molecule has 0 fully saturated rings. The molecule has 14 heteroatoms. The molecule has 50 heavy (non-hydrogen) atoms. The minimum Gasteiger partial charge on any atom is -0.420 e. The summed E-state index contributed by atoms with van der Waals surface area (Å²) >= 11 is 0. The van der Waals surface area contributed by atoms with E-state index in [4.69, 9.17) is 9.47 Å². The number of non-ortho nitro benzene ring substituents is 2. The molecule has 14 nitrogen and oxygen atoms in total. The number of aromatic amines is 2. The minimum absolute atomic E-state index is 0.00576. The zero-order chi connectivity index (χ0) is 35.7. The molecule has 0 amide bonds. The number of carbonyl (C=O) groups is 2. The predicted molar refractivity (Wildman–Crippen MR) is 189 cm³/mol. The number of H-pyrrole nitrogens is 2. The van der Waals surface area contributed by atoms with Crippen LogP contribution in [0.5, 0.6) is 11.5 Å². The van der Waals surface area contributed by atoms with Crippen LogP contribution in [0.3, 0.4) is 0 Å². The van der Waals surface area contributed by atoms with E-state index in [0.29, 0.717) is 60.4 Å². The number of hydrogen-bond acceptors (Lipinski definition) is 10. The Kier molecular flexibility index (Phi) is 9.66. The lowest BCUT2D eigenvalue weighted by Gasteiger charge is -2.29. The van der Waals surface area contributed by atoms with Crippen LogP contribution in [0.1, 0.15) is 51.9 Å². The fourth-order valence-corrected chi connectivity index (χ4v) is 6.53. The van der Waals surface area contributed by atoms with Gasteiger partial charge in [-0.25, -0.2) is 9.59 Å². The minimum atomic E-state index is -0.962. The Morgan fingerprint density at radius 2 is 1.12 bits per heavy atom. The van der Waals surface area contributed by atoms with Crippen LogP contribution < -0.4 is 9.47 Å². The summed E-state index contributed by atoms with van der Waals surface area (Å²) in [4.78, 5) is 60.3. The molecule has 0 aliphatic carbocycles. The number of hydrogen-bond donors (Lipinski definition) is 2. The van der Waals surface area contributed by atoms with Gasteiger partial charge < -0.3 is 19.4 Å². The van der Waals surface area contributed by atoms with E-state index in [9.17, 15) is 29.8 Å². The zero-order valence-corrected chi connectivity index (χ0v) is 28.2. The Bertz CT molecular complexity index is 1960. The maximum Gasteiger partial charge on any atom is 0.336 e. The molecule has 0 spiro atoms. The van der Waals surface area contributed by atoms with Crippen molar-refractivity contribution >= 4 is 56.3 Å². The fraction of sp³-hybridized carbons (Fsp3) is 0.333. The van der Waals surface area contributed by atoms with Gasteiger partial charge in [-0.1, -0.05) is 24.3 Å². The summed E-state index contributed by atoms with van der Waals surface area (Å²) < 4.78 is 11.5. The molecule has 0 bridgehead atoms. The number of nitrogens with one attached hydrogen (secondary N) is 2. The smallest absolute Gasteiger partial charge is 0.336 e. The first-order valence-corrected chi connectivity index (χ1v) is 16.5. The number of nitrogens with zero attached hydrogens (tertiary/aromatic N) is 4. The topological polar surface area (TPSA) is 177 Å². The van der Waals surface area contributed by atoms with Crippen molar-refractivity contribution in [2.45, 2.75) is 52.6 Å². The van der Waals surface area contributed by atoms with E-state index in [-0.39, 0.29) is 33.6 Å². The molecular formula is C36H38N6O8. The van der Waals surface area contributed by atoms with Crippen molar-refractivity contribution in [2.24, 2.45) is 0 Å². The third-order valence-corrected chi connectivity index (χ3v) is 9.25. The number of fused-ring (bicyclic) bond motifs is 2. The van der Waals surface area contributed by atoms with Crippen LogP contribution in [0.25, 0.3) is 33.0 Å². The van der Waals surface area contributed by atoms with Crippen molar-refractivity contribution in [3.8, 4) is 11.5 Å². The molecule has 2 aromatic heterocycles. The first-order valence-electron chi connectivity index (χ1n) is 16.5. The first-order chi connectivity index (χ1) is 23.9. The Morgan fingerprint density at radius 3 is 1.44 bits per heavy atom. The van der Waals surface area contributed by atoms with E-state index in [0.717, 1.165) is 36.4 Å². The van der Waals surface area contributed by atoms with Gasteiger partial charge in [-0.05, 0) is 63.8 Å². The maximum atomic E-state index is 13.2. The zero-order valence-electron chi connectivity index (χ0n) is 28.2. The third-order valence-electron chi connectivity index (χ3n) is 9.25. The van der Waals surface area contributed by atoms with E-state index in [1.54, 1.807) is 24.3 Å².